The zero-order valence-electron chi connectivity index (χ0n) is 28.2. The molecule has 6 aromatic rings. The normalized spacial score (nSPS) is 11.0. The zero-order chi connectivity index (χ0) is 33.8. The molecule has 0 N–H and O–H groups in total. The molecule has 0 atom stereocenters. The molecule has 5 aromatic carbocycles. The minimum Gasteiger partial charge on any atom is -0.488 e. The highest BCUT2D eigenvalue weighted by Gasteiger charge is 2.23. The summed E-state index contributed by atoms with van der Waals surface area (Å²) < 4.78 is 31.8. The van der Waals surface area contributed by atoms with Gasteiger partial charge in [0.2, 0.25) is 11.2 Å². The Kier molecular flexibility index (Phi) is 11.3. The molecule has 0 amide bonds. The van der Waals surface area contributed by atoms with Crippen LogP contribution in [0.3, 0.4) is 0 Å². The summed E-state index contributed by atoms with van der Waals surface area (Å²) in [6.07, 6.45) is 4.05. The maximum atomic E-state index is 14.4. The Morgan fingerprint density at radius 2 is 1.14 bits per heavy atom. The van der Waals surface area contributed by atoms with E-state index in [0.29, 0.717) is 66.0 Å². The Morgan fingerprint density at radius 1 is 0.571 bits per heavy atom. The standard InChI is InChI=1S/C43H42O6/c1-3-4-5-15-24-45-43-41(44)40-38(48-30-34-20-13-8-14-21-34)25-31(2)26-39(40)49-42(43)35-22-23-36(46-28-32-16-9-6-10-17-32)37(27-35)47-29-33-18-11-7-12-19-33/h6-14,16-23,25-27H,3-5,15,24,28-30H2,1-2H3. The minimum absolute atomic E-state index is 0.157. The number of fused-ring (bicyclic) bond motifs is 1. The van der Waals surface area contributed by atoms with Crippen LogP contribution >= 0.6 is 0 Å². The van der Waals surface area contributed by atoms with Gasteiger partial charge in [0, 0.05) is 5.56 Å². The van der Waals surface area contributed by atoms with Crippen molar-refractivity contribution in [3.63, 3.8) is 0 Å². The third-order valence-electron chi connectivity index (χ3n) is 8.22. The Labute approximate surface area is 287 Å². The lowest BCUT2D eigenvalue weighted by atomic mass is 10.1. The van der Waals surface area contributed by atoms with E-state index in [-0.39, 0.29) is 11.2 Å². The predicted octanol–water partition coefficient (Wildman–Crippen LogP) is 10.5. The molecule has 0 unspecified atom stereocenters. The van der Waals surface area contributed by atoms with Crippen molar-refractivity contribution < 1.29 is 23.4 Å². The maximum Gasteiger partial charge on any atom is 0.239 e. The molecule has 1 heterocycles. The highest BCUT2D eigenvalue weighted by Crippen LogP contribution is 2.39. The first-order valence-electron chi connectivity index (χ1n) is 17.0. The van der Waals surface area contributed by atoms with Crippen LogP contribution in [0.1, 0.15) is 54.9 Å². The maximum absolute atomic E-state index is 14.4. The lowest BCUT2D eigenvalue weighted by molar-refractivity contribution is 0.256. The predicted molar refractivity (Wildman–Crippen MR) is 195 cm³/mol. The fourth-order valence-electron chi connectivity index (χ4n) is 5.62. The lowest BCUT2D eigenvalue weighted by Gasteiger charge is -2.17. The van der Waals surface area contributed by atoms with Crippen LogP contribution in [0.4, 0.5) is 0 Å². The van der Waals surface area contributed by atoms with Crippen LogP contribution in [0.15, 0.2) is 131 Å². The molecule has 0 saturated heterocycles. The van der Waals surface area contributed by atoms with Gasteiger partial charge in [0.25, 0.3) is 0 Å². The van der Waals surface area contributed by atoms with Crippen molar-refractivity contribution in [1.82, 2.24) is 0 Å². The van der Waals surface area contributed by atoms with E-state index in [1.54, 1.807) is 0 Å². The Morgan fingerprint density at radius 3 is 1.73 bits per heavy atom. The van der Waals surface area contributed by atoms with Crippen LogP contribution in [0.2, 0.25) is 0 Å². The molecule has 250 valence electrons. The molecule has 6 rings (SSSR count). The van der Waals surface area contributed by atoms with E-state index in [0.717, 1.165) is 47.9 Å². The average Bonchev–Trinajstić information content (AvgIpc) is 3.14. The molecular weight excluding hydrogens is 612 g/mol. The highest BCUT2D eigenvalue weighted by molar-refractivity contribution is 5.88. The Bertz CT molecular complexity index is 2000. The van der Waals surface area contributed by atoms with Gasteiger partial charge < -0.3 is 23.4 Å². The molecule has 0 fully saturated rings. The number of aryl methyl sites for hydroxylation is 1. The van der Waals surface area contributed by atoms with Crippen molar-refractivity contribution in [2.24, 2.45) is 0 Å². The summed E-state index contributed by atoms with van der Waals surface area (Å²) in [5.74, 6) is 2.08. The molecule has 0 saturated carbocycles. The quantitative estimate of drug-likeness (QED) is 0.0968. The SMILES string of the molecule is CCCCCCOc1c(-c2ccc(OCc3ccccc3)c(OCc3ccccc3)c2)oc2cc(C)cc(OCc3ccccc3)c2c1=O. The number of rotatable bonds is 16. The average molecular weight is 655 g/mol. The van der Waals surface area contributed by atoms with Gasteiger partial charge in [0.15, 0.2) is 17.3 Å². The zero-order valence-corrected chi connectivity index (χ0v) is 28.2. The summed E-state index contributed by atoms with van der Waals surface area (Å²) in [5, 5.41) is 0.359. The smallest absolute Gasteiger partial charge is 0.239 e. The largest absolute Gasteiger partial charge is 0.488 e. The van der Waals surface area contributed by atoms with E-state index in [9.17, 15) is 4.79 Å². The van der Waals surface area contributed by atoms with Crippen LogP contribution in [-0.2, 0) is 19.8 Å². The second-order valence-corrected chi connectivity index (χ2v) is 12.1. The molecule has 0 aliphatic carbocycles. The van der Waals surface area contributed by atoms with E-state index >= 15 is 0 Å². The lowest BCUT2D eigenvalue weighted by Crippen LogP contribution is -2.13. The van der Waals surface area contributed by atoms with Crippen LogP contribution in [0.5, 0.6) is 23.0 Å². The van der Waals surface area contributed by atoms with Crippen LogP contribution < -0.4 is 24.4 Å². The van der Waals surface area contributed by atoms with Crippen molar-refractivity contribution in [2.45, 2.75) is 59.4 Å². The third-order valence-corrected chi connectivity index (χ3v) is 8.22. The number of ether oxygens (including phenoxy) is 4. The number of hydrogen-bond donors (Lipinski definition) is 0. The molecule has 0 aliphatic rings. The Balaban J connectivity index is 1.40. The summed E-state index contributed by atoms with van der Waals surface area (Å²) in [6, 6.07) is 39.2. The van der Waals surface area contributed by atoms with Gasteiger partial charge in [-0.3, -0.25) is 4.79 Å². The molecule has 1 aromatic heterocycles. The first kappa shape index (κ1) is 33.4. The second-order valence-electron chi connectivity index (χ2n) is 12.1. The fourth-order valence-corrected chi connectivity index (χ4v) is 5.62. The van der Waals surface area contributed by atoms with Gasteiger partial charge in [0.05, 0.1) is 6.61 Å². The van der Waals surface area contributed by atoms with Crippen LogP contribution in [0.25, 0.3) is 22.3 Å². The van der Waals surface area contributed by atoms with Crippen molar-refractivity contribution in [3.8, 4) is 34.3 Å². The molecular formula is C43H42O6. The number of benzene rings is 5. The molecule has 6 heteroatoms. The van der Waals surface area contributed by atoms with E-state index < -0.39 is 0 Å². The van der Waals surface area contributed by atoms with Crippen molar-refractivity contribution >= 4 is 11.0 Å². The first-order valence-corrected chi connectivity index (χ1v) is 17.0. The van der Waals surface area contributed by atoms with Gasteiger partial charge >= 0.3 is 0 Å². The molecule has 0 spiro atoms. The Hall–Kier alpha value is -5.49. The van der Waals surface area contributed by atoms with Crippen LogP contribution in [-0.4, -0.2) is 6.61 Å². The summed E-state index contributed by atoms with van der Waals surface area (Å²) in [5.41, 5.74) is 4.78. The minimum atomic E-state index is -0.272. The monoisotopic (exact) mass is 654 g/mol. The van der Waals surface area contributed by atoms with Gasteiger partial charge in [0.1, 0.15) is 36.5 Å². The summed E-state index contributed by atoms with van der Waals surface area (Å²) in [7, 11) is 0. The molecule has 0 radical (unpaired) electrons. The molecule has 0 aliphatic heterocycles. The van der Waals surface area contributed by atoms with Gasteiger partial charge in [-0.05, 0) is 65.9 Å². The summed E-state index contributed by atoms with van der Waals surface area (Å²) in [6.45, 7) is 5.56. The second kappa shape index (κ2) is 16.6. The third kappa shape index (κ3) is 8.71. The molecule has 49 heavy (non-hydrogen) atoms. The summed E-state index contributed by atoms with van der Waals surface area (Å²) >= 11 is 0. The van der Waals surface area contributed by atoms with Gasteiger partial charge in [-0.2, -0.15) is 0 Å². The number of unbranched alkanes of at least 4 members (excludes halogenated alkanes) is 3. The van der Waals surface area contributed by atoms with Gasteiger partial charge in [-0.15, -0.1) is 0 Å². The van der Waals surface area contributed by atoms with Gasteiger partial charge in [-0.1, -0.05) is 117 Å². The van der Waals surface area contributed by atoms with E-state index in [1.807, 2.05) is 128 Å². The van der Waals surface area contributed by atoms with Gasteiger partial charge in [-0.25, -0.2) is 0 Å². The topological polar surface area (TPSA) is 67.1 Å². The first-order chi connectivity index (χ1) is 24.1. The highest BCUT2D eigenvalue weighted by atomic mass is 16.5. The van der Waals surface area contributed by atoms with Crippen molar-refractivity contribution in [2.75, 3.05) is 6.61 Å². The molecule has 0 bridgehead atoms. The van der Waals surface area contributed by atoms with E-state index in [2.05, 4.69) is 6.92 Å². The van der Waals surface area contributed by atoms with Crippen molar-refractivity contribution in [3.05, 3.63) is 154 Å². The van der Waals surface area contributed by atoms with Crippen molar-refractivity contribution in [1.29, 1.82) is 0 Å². The summed E-state index contributed by atoms with van der Waals surface area (Å²) in [4.78, 5) is 14.4. The molecule has 6 nitrogen and oxygen atoms in total. The van der Waals surface area contributed by atoms with E-state index in [4.69, 9.17) is 23.4 Å². The number of hydrogen-bond acceptors (Lipinski definition) is 6. The van der Waals surface area contributed by atoms with Crippen LogP contribution in [0, 0.1) is 6.92 Å². The fraction of sp³-hybridized carbons (Fsp3) is 0.233. The van der Waals surface area contributed by atoms with E-state index in [1.165, 1.54) is 0 Å².